The third kappa shape index (κ3) is 4.26. The molecule has 2 aromatic heterocycles. The van der Waals surface area contributed by atoms with Gasteiger partial charge in [-0.2, -0.15) is 0 Å². The Morgan fingerprint density at radius 2 is 2.14 bits per heavy atom. The van der Waals surface area contributed by atoms with Gasteiger partial charge in [-0.1, -0.05) is 35.5 Å². The second-order valence-electron chi connectivity index (χ2n) is 5.87. The molecular weight excluding hydrogens is 407 g/mol. The minimum Gasteiger partial charge on any atom is -0.416 e. The van der Waals surface area contributed by atoms with Gasteiger partial charge in [-0.3, -0.25) is 9.36 Å². The van der Waals surface area contributed by atoms with E-state index in [1.165, 1.54) is 18.2 Å². The molecular formula is C18H16ClFN4O3S. The maximum atomic E-state index is 13.8. The normalized spacial score (nSPS) is 11.0. The largest absolute Gasteiger partial charge is 0.416 e. The number of benzene rings is 1. The lowest BCUT2D eigenvalue weighted by Gasteiger charge is -2.06. The molecule has 0 amide bonds. The Morgan fingerprint density at radius 1 is 1.36 bits per heavy atom. The third-order valence-electron chi connectivity index (χ3n) is 3.99. The van der Waals surface area contributed by atoms with Crippen molar-refractivity contribution >= 4 is 23.4 Å². The minimum absolute atomic E-state index is 0.0621. The first-order valence-corrected chi connectivity index (χ1v) is 9.58. The highest BCUT2D eigenvalue weighted by Gasteiger charge is 2.16. The van der Waals surface area contributed by atoms with Gasteiger partial charge < -0.3 is 9.40 Å². The summed E-state index contributed by atoms with van der Waals surface area (Å²) in [7, 11) is 0. The topological polar surface area (TPSA) is 93.8 Å². The molecule has 0 saturated heterocycles. The number of allylic oxidation sites excluding steroid dienone is 1. The van der Waals surface area contributed by atoms with Crippen LogP contribution in [-0.4, -0.2) is 19.7 Å². The Hall–Kier alpha value is -2.65. The highest BCUT2D eigenvalue weighted by atomic mass is 35.5. The second kappa shape index (κ2) is 8.57. The van der Waals surface area contributed by atoms with Crippen molar-refractivity contribution in [2.24, 2.45) is 0 Å². The summed E-state index contributed by atoms with van der Waals surface area (Å²) in [5.41, 5.74) is 0.179. The van der Waals surface area contributed by atoms with Gasteiger partial charge in [0.25, 0.3) is 10.8 Å². The van der Waals surface area contributed by atoms with E-state index in [1.54, 1.807) is 13.0 Å². The van der Waals surface area contributed by atoms with Crippen LogP contribution in [0.15, 0.2) is 50.1 Å². The highest BCUT2D eigenvalue weighted by Crippen LogP contribution is 2.28. The van der Waals surface area contributed by atoms with Crippen molar-refractivity contribution in [2.75, 3.05) is 0 Å². The molecule has 3 aromatic rings. The number of halogens is 2. The minimum atomic E-state index is -0.505. The predicted octanol–water partition coefficient (Wildman–Crippen LogP) is 3.09. The van der Waals surface area contributed by atoms with E-state index in [0.717, 1.165) is 16.3 Å². The van der Waals surface area contributed by atoms with Crippen LogP contribution >= 0.6 is 23.4 Å². The first kappa shape index (κ1) is 20.1. The number of hydrogen-bond donors (Lipinski definition) is 1. The smallest absolute Gasteiger partial charge is 0.328 e. The molecule has 0 bridgehead atoms. The van der Waals surface area contributed by atoms with Crippen molar-refractivity contribution in [1.82, 2.24) is 19.7 Å². The molecule has 0 radical (unpaired) electrons. The number of rotatable bonds is 7. The van der Waals surface area contributed by atoms with E-state index in [9.17, 15) is 14.0 Å². The van der Waals surface area contributed by atoms with Gasteiger partial charge in [-0.15, -0.1) is 16.8 Å². The molecule has 146 valence electrons. The molecule has 0 atom stereocenters. The van der Waals surface area contributed by atoms with Crippen molar-refractivity contribution in [3.8, 4) is 0 Å². The molecule has 0 spiro atoms. The molecule has 28 heavy (non-hydrogen) atoms. The van der Waals surface area contributed by atoms with E-state index in [2.05, 4.69) is 21.8 Å². The molecule has 0 saturated carbocycles. The number of thioether (sulfide) groups is 1. The quantitative estimate of drug-likeness (QED) is 0.464. The molecule has 7 nitrogen and oxygen atoms in total. The van der Waals surface area contributed by atoms with E-state index in [-0.39, 0.29) is 29.8 Å². The number of H-pyrrole nitrogens is 1. The zero-order valence-electron chi connectivity index (χ0n) is 14.9. The number of nitrogens with zero attached hydrogens (tertiary/aromatic N) is 3. The Bertz CT molecular complexity index is 1120. The molecule has 0 aliphatic carbocycles. The number of nitrogens with one attached hydrogen (secondary N) is 1. The summed E-state index contributed by atoms with van der Waals surface area (Å²) in [5.74, 6) is 0.0163. The van der Waals surface area contributed by atoms with Crippen LogP contribution in [0.4, 0.5) is 4.39 Å². The second-order valence-corrected chi connectivity index (χ2v) is 7.20. The van der Waals surface area contributed by atoms with E-state index >= 15 is 0 Å². The SMILES string of the molecule is C=CCn1c(=O)[nH]c(C)c(Cc2nnc(SCc3c(F)cccc3Cl)o2)c1=O. The first-order chi connectivity index (χ1) is 13.4. The number of hydrogen-bond acceptors (Lipinski definition) is 6. The van der Waals surface area contributed by atoms with Gasteiger partial charge >= 0.3 is 5.69 Å². The molecule has 10 heteroatoms. The van der Waals surface area contributed by atoms with Crippen molar-refractivity contribution in [2.45, 2.75) is 30.9 Å². The number of aromatic nitrogens is 4. The van der Waals surface area contributed by atoms with Crippen LogP contribution in [0, 0.1) is 12.7 Å². The lowest BCUT2D eigenvalue weighted by molar-refractivity contribution is 0.419. The van der Waals surface area contributed by atoms with Gasteiger partial charge in [0.2, 0.25) is 5.89 Å². The summed E-state index contributed by atoms with van der Waals surface area (Å²) in [6.07, 6.45) is 1.53. The third-order valence-corrected chi connectivity index (χ3v) is 5.18. The highest BCUT2D eigenvalue weighted by molar-refractivity contribution is 7.98. The van der Waals surface area contributed by atoms with Crippen LogP contribution in [0.2, 0.25) is 5.02 Å². The van der Waals surface area contributed by atoms with Gasteiger partial charge in [0.15, 0.2) is 0 Å². The number of aromatic amines is 1. The average Bonchev–Trinajstić information content (AvgIpc) is 3.09. The van der Waals surface area contributed by atoms with E-state index in [0.29, 0.717) is 21.8 Å². The van der Waals surface area contributed by atoms with Crippen LogP contribution in [0.3, 0.4) is 0 Å². The van der Waals surface area contributed by atoms with Gasteiger partial charge in [-0.05, 0) is 19.1 Å². The molecule has 0 unspecified atom stereocenters. The summed E-state index contributed by atoms with van der Waals surface area (Å²) in [6.45, 7) is 5.26. The molecule has 3 rings (SSSR count). The van der Waals surface area contributed by atoms with Crippen LogP contribution in [0.5, 0.6) is 0 Å². The van der Waals surface area contributed by atoms with E-state index in [1.807, 2.05) is 0 Å². The van der Waals surface area contributed by atoms with E-state index < -0.39 is 17.1 Å². The maximum Gasteiger partial charge on any atom is 0.328 e. The molecule has 0 fully saturated rings. The number of aryl methyl sites for hydroxylation is 1. The average molecular weight is 423 g/mol. The summed E-state index contributed by atoms with van der Waals surface area (Å²) in [5, 5.41) is 8.37. The fourth-order valence-corrected chi connectivity index (χ4v) is 3.67. The summed E-state index contributed by atoms with van der Waals surface area (Å²) in [4.78, 5) is 27.1. The van der Waals surface area contributed by atoms with Gasteiger partial charge in [-0.25, -0.2) is 9.18 Å². The lowest BCUT2D eigenvalue weighted by atomic mass is 10.1. The summed E-state index contributed by atoms with van der Waals surface area (Å²) in [6, 6.07) is 4.46. The predicted molar refractivity (Wildman–Crippen MR) is 104 cm³/mol. The lowest BCUT2D eigenvalue weighted by Crippen LogP contribution is -2.37. The fourth-order valence-electron chi connectivity index (χ4n) is 2.55. The van der Waals surface area contributed by atoms with Gasteiger partial charge in [0.1, 0.15) is 5.82 Å². The Kier molecular flexibility index (Phi) is 6.15. The molecule has 0 aliphatic rings. The van der Waals surface area contributed by atoms with Crippen LogP contribution in [-0.2, 0) is 18.7 Å². The fraction of sp³-hybridized carbons (Fsp3) is 0.222. The van der Waals surface area contributed by atoms with Crippen molar-refractivity contribution in [3.63, 3.8) is 0 Å². The van der Waals surface area contributed by atoms with Crippen molar-refractivity contribution in [3.05, 3.63) is 85.2 Å². The maximum absolute atomic E-state index is 13.8. The Balaban J connectivity index is 1.78. The zero-order valence-corrected chi connectivity index (χ0v) is 16.4. The van der Waals surface area contributed by atoms with E-state index in [4.69, 9.17) is 16.0 Å². The molecule has 0 aliphatic heterocycles. The van der Waals surface area contributed by atoms with Crippen molar-refractivity contribution in [1.29, 1.82) is 0 Å². The Morgan fingerprint density at radius 3 is 2.86 bits per heavy atom. The standard InChI is InChI=1S/C18H16ClFN4O3S/c1-3-7-24-16(25)11(10(2)21-17(24)26)8-15-22-23-18(27-15)28-9-12-13(19)5-4-6-14(12)20/h3-6H,1,7-9H2,2H3,(H,21,26). The van der Waals surface area contributed by atoms with Crippen LogP contribution in [0.1, 0.15) is 22.7 Å². The Labute approximate surface area is 168 Å². The first-order valence-electron chi connectivity index (χ1n) is 8.22. The van der Waals surface area contributed by atoms with Gasteiger partial charge in [0, 0.05) is 34.1 Å². The summed E-state index contributed by atoms with van der Waals surface area (Å²) >= 11 is 7.14. The molecule has 1 aromatic carbocycles. The van der Waals surface area contributed by atoms with Crippen LogP contribution in [0.25, 0.3) is 0 Å². The molecule has 2 heterocycles. The zero-order chi connectivity index (χ0) is 20.3. The monoisotopic (exact) mass is 422 g/mol. The summed E-state index contributed by atoms with van der Waals surface area (Å²) < 4.78 is 20.4. The molecule has 1 N–H and O–H groups in total. The van der Waals surface area contributed by atoms with Gasteiger partial charge in [0.05, 0.1) is 6.42 Å². The van der Waals surface area contributed by atoms with Crippen LogP contribution < -0.4 is 11.2 Å². The van der Waals surface area contributed by atoms with Crippen molar-refractivity contribution < 1.29 is 8.81 Å².